The molecule has 4 amide bonds. The number of hydrogen-bond donors (Lipinski definition) is 1. The van der Waals surface area contributed by atoms with Crippen LogP contribution in [0.25, 0.3) is 10.8 Å². The van der Waals surface area contributed by atoms with Crippen LogP contribution in [0.5, 0.6) is 5.75 Å². The first-order chi connectivity index (χ1) is 20.9. The maximum atomic E-state index is 14.7. The summed E-state index contributed by atoms with van der Waals surface area (Å²) < 4.78 is 7.14. The van der Waals surface area contributed by atoms with Crippen LogP contribution in [0, 0.1) is 11.3 Å². The third-order valence-corrected chi connectivity index (χ3v) is 9.22. The summed E-state index contributed by atoms with van der Waals surface area (Å²) in [7, 11) is 1.55. The Morgan fingerprint density at radius 3 is 2.44 bits per heavy atom. The molecule has 0 unspecified atom stereocenters. The number of carbonyl (C=O) groups is 3. The van der Waals surface area contributed by atoms with E-state index in [4.69, 9.17) is 4.74 Å². The molecule has 2 bridgehead atoms. The van der Waals surface area contributed by atoms with E-state index >= 15 is 0 Å². The first-order valence-electron chi connectivity index (χ1n) is 14.6. The van der Waals surface area contributed by atoms with Gasteiger partial charge in [-0.1, -0.05) is 48.5 Å². The number of urea groups is 1. The molecule has 9 heteroatoms. The molecular weight excluding hydrogens is 544 g/mol. The number of carbonyl (C=O) groups excluding carboxylic acids is 3. The van der Waals surface area contributed by atoms with E-state index in [0.29, 0.717) is 31.1 Å². The van der Waals surface area contributed by atoms with Gasteiger partial charge in [0.2, 0.25) is 5.91 Å². The van der Waals surface area contributed by atoms with Gasteiger partial charge in [0.25, 0.3) is 11.5 Å². The summed E-state index contributed by atoms with van der Waals surface area (Å²) in [5.74, 6) is -0.232. The number of aromatic nitrogens is 1. The number of methoxy groups -OCH3 is 1. The van der Waals surface area contributed by atoms with Crippen molar-refractivity contribution >= 4 is 34.3 Å². The molecule has 1 aromatic heterocycles. The van der Waals surface area contributed by atoms with Gasteiger partial charge < -0.3 is 14.2 Å². The van der Waals surface area contributed by atoms with Crippen molar-refractivity contribution in [2.45, 2.75) is 25.3 Å². The monoisotopic (exact) mass is 576 g/mol. The number of nitrogens with one attached hydrogen (secondary N) is 1. The molecule has 3 aliphatic heterocycles. The van der Waals surface area contributed by atoms with Crippen molar-refractivity contribution in [1.29, 1.82) is 0 Å². The van der Waals surface area contributed by atoms with E-state index in [1.54, 1.807) is 43.5 Å². The molecule has 3 aliphatic rings. The van der Waals surface area contributed by atoms with Crippen molar-refractivity contribution < 1.29 is 19.1 Å². The Balaban J connectivity index is 1.30. The molecular formula is C34H32N4O5. The van der Waals surface area contributed by atoms with Crippen molar-refractivity contribution in [2.75, 3.05) is 31.6 Å². The Kier molecular flexibility index (Phi) is 6.62. The van der Waals surface area contributed by atoms with Crippen molar-refractivity contribution in [3.05, 3.63) is 107 Å². The molecule has 0 aliphatic carbocycles. The number of barbiturate groups is 1. The largest absolute Gasteiger partial charge is 0.497 e. The Labute approximate surface area is 248 Å². The summed E-state index contributed by atoms with van der Waals surface area (Å²) in [5.41, 5.74) is 0.649. The number of fused-ring (bicyclic) bond motifs is 5. The second-order valence-electron chi connectivity index (χ2n) is 11.9. The smallest absolute Gasteiger partial charge is 0.335 e. The van der Waals surface area contributed by atoms with Gasteiger partial charge in [-0.25, -0.2) is 9.69 Å². The topological polar surface area (TPSA) is 101 Å². The number of nitrogens with zero attached hydrogens (tertiary/aromatic N) is 3. The van der Waals surface area contributed by atoms with E-state index in [0.717, 1.165) is 33.4 Å². The van der Waals surface area contributed by atoms with Gasteiger partial charge in [0.15, 0.2) is 0 Å². The average Bonchev–Trinajstić information content (AvgIpc) is 3.01. The van der Waals surface area contributed by atoms with Gasteiger partial charge in [-0.05, 0) is 65.4 Å². The van der Waals surface area contributed by atoms with Gasteiger partial charge in [0.05, 0.1) is 12.8 Å². The van der Waals surface area contributed by atoms with E-state index in [1.165, 1.54) is 0 Å². The van der Waals surface area contributed by atoms with Crippen molar-refractivity contribution in [1.82, 2.24) is 14.8 Å². The van der Waals surface area contributed by atoms with Gasteiger partial charge in [0.1, 0.15) is 11.2 Å². The third-order valence-electron chi connectivity index (χ3n) is 9.22. The molecule has 1 N–H and O–H groups in total. The minimum atomic E-state index is -1.57. The van der Waals surface area contributed by atoms with Crippen LogP contribution in [-0.4, -0.2) is 54.1 Å². The SMILES string of the molecule is COc1ccc(N2C(=O)NC(=O)[C@@](Cc3cccc4ccccc34)(CN3C[C@@H]4C[C@@H](C3)c3cccc(=O)n3C4)C2=O)cc1. The lowest BCUT2D eigenvalue weighted by molar-refractivity contribution is -0.144. The molecule has 9 nitrogen and oxygen atoms in total. The summed E-state index contributed by atoms with van der Waals surface area (Å²) >= 11 is 0. The predicted octanol–water partition coefficient (Wildman–Crippen LogP) is 3.94. The first kappa shape index (κ1) is 27.1. The molecule has 7 rings (SSSR count). The van der Waals surface area contributed by atoms with Gasteiger partial charge in [0, 0.05) is 43.9 Å². The first-order valence-corrected chi connectivity index (χ1v) is 14.6. The van der Waals surface area contributed by atoms with Crippen LogP contribution in [0.2, 0.25) is 0 Å². The summed E-state index contributed by atoms with van der Waals surface area (Å²) in [6.45, 7) is 2.00. The van der Waals surface area contributed by atoms with Crippen LogP contribution in [0.4, 0.5) is 10.5 Å². The number of amides is 4. The van der Waals surface area contributed by atoms with E-state index < -0.39 is 23.3 Å². The maximum Gasteiger partial charge on any atom is 0.335 e. The molecule has 218 valence electrons. The standard InChI is InChI=1S/C34H32N4O5/c1-43-27-14-12-26(13-15-27)38-32(41)34(31(40)35-33(38)42,17-24-8-4-7-23-6-2-3-9-28(23)24)21-36-18-22-16-25(20-36)29-10-5-11-30(39)37(29)19-22/h2-15,22,25H,16-21H2,1H3,(H,35,40,42)/t22-,25-,34+/m0/s1. The van der Waals surface area contributed by atoms with Gasteiger partial charge in [-0.3, -0.25) is 19.7 Å². The molecule has 2 fully saturated rings. The number of likely N-dealkylation sites (tertiary alicyclic amines) is 1. The average molecular weight is 577 g/mol. The second kappa shape index (κ2) is 10.5. The number of pyridine rings is 1. The predicted molar refractivity (Wildman–Crippen MR) is 162 cm³/mol. The van der Waals surface area contributed by atoms with E-state index in [9.17, 15) is 19.2 Å². The van der Waals surface area contributed by atoms with Crippen LogP contribution in [0.1, 0.15) is 23.6 Å². The number of rotatable bonds is 6. The quantitative estimate of drug-likeness (QED) is 0.349. The van der Waals surface area contributed by atoms with Gasteiger partial charge in [-0.2, -0.15) is 0 Å². The van der Waals surface area contributed by atoms with Crippen LogP contribution in [-0.2, 0) is 22.6 Å². The summed E-state index contributed by atoms with van der Waals surface area (Å²) in [6, 6.07) is 25.1. The summed E-state index contributed by atoms with van der Waals surface area (Å²) in [4.78, 5) is 57.8. The lowest BCUT2D eigenvalue weighted by Crippen LogP contribution is -2.68. The minimum absolute atomic E-state index is 0.00329. The number of ether oxygens (including phenoxy) is 1. The lowest BCUT2D eigenvalue weighted by atomic mass is 9.75. The van der Waals surface area contributed by atoms with Crippen LogP contribution >= 0.6 is 0 Å². The fourth-order valence-electron chi connectivity index (χ4n) is 7.27. The molecule has 0 spiro atoms. The molecule has 0 radical (unpaired) electrons. The zero-order valence-corrected chi connectivity index (χ0v) is 23.9. The van der Waals surface area contributed by atoms with E-state index in [2.05, 4.69) is 10.2 Å². The molecule has 0 saturated carbocycles. The molecule has 4 aromatic rings. The highest BCUT2D eigenvalue weighted by Gasteiger charge is 2.56. The number of piperidine rings is 1. The molecule has 4 heterocycles. The molecule has 3 atom stereocenters. The van der Waals surface area contributed by atoms with Crippen LogP contribution in [0.3, 0.4) is 0 Å². The van der Waals surface area contributed by atoms with E-state index in [1.807, 2.05) is 53.1 Å². The summed E-state index contributed by atoms with van der Waals surface area (Å²) in [5, 5.41) is 4.50. The Morgan fingerprint density at radius 1 is 0.860 bits per heavy atom. The summed E-state index contributed by atoms with van der Waals surface area (Å²) in [6.07, 6.45) is 1.08. The highest BCUT2D eigenvalue weighted by molar-refractivity contribution is 6.30. The number of anilines is 1. The van der Waals surface area contributed by atoms with Crippen LogP contribution < -0.4 is 20.5 Å². The zero-order chi connectivity index (χ0) is 29.7. The maximum absolute atomic E-state index is 14.7. The van der Waals surface area contributed by atoms with Crippen LogP contribution in [0.15, 0.2) is 89.7 Å². The van der Waals surface area contributed by atoms with Crippen molar-refractivity contribution in [3.8, 4) is 5.75 Å². The fraction of sp³-hybridized carbons (Fsp3) is 0.294. The highest BCUT2D eigenvalue weighted by Crippen LogP contribution is 2.40. The van der Waals surface area contributed by atoms with Gasteiger partial charge in [-0.15, -0.1) is 0 Å². The second-order valence-corrected chi connectivity index (χ2v) is 11.9. The van der Waals surface area contributed by atoms with Crippen molar-refractivity contribution in [3.63, 3.8) is 0 Å². The lowest BCUT2D eigenvalue weighted by Gasteiger charge is -2.47. The van der Waals surface area contributed by atoms with Gasteiger partial charge >= 0.3 is 6.03 Å². The minimum Gasteiger partial charge on any atom is -0.497 e. The fourth-order valence-corrected chi connectivity index (χ4v) is 7.27. The number of imide groups is 2. The van der Waals surface area contributed by atoms with E-state index in [-0.39, 0.29) is 30.4 Å². The Hall–Kier alpha value is -4.76. The molecule has 3 aromatic carbocycles. The zero-order valence-electron chi connectivity index (χ0n) is 23.9. The Morgan fingerprint density at radius 2 is 1.63 bits per heavy atom. The molecule has 2 saturated heterocycles. The third kappa shape index (κ3) is 4.60. The molecule has 43 heavy (non-hydrogen) atoms. The number of benzene rings is 3. The normalized spacial score (nSPS) is 23.7. The Bertz CT molecular complexity index is 1810. The number of hydrogen-bond acceptors (Lipinski definition) is 6. The highest BCUT2D eigenvalue weighted by atomic mass is 16.5. The van der Waals surface area contributed by atoms with Crippen molar-refractivity contribution in [2.24, 2.45) is 11.3 Å².